The molecule has 1 amide bonds. The largest absolute Gasteiger partial charge is 0.497 e. The topological polar surface area (TPSA) is 155 Å². The maximum Gasteiger partial charge on any atom is 0.325 e. The van der Waals surface area contributed by atoms with E-state index in [2.05, 4.69) is 25.9 Å². The monoisotopic (exact) mass is 796 g/mol. The van der Waals surface area contributed by atoms with Crippen molar-refractivity contribution in [3.05, 3.63) is 66.0 Å². The van der Waals surface area contributed by atoms with Gasteiger partial charge in [-0.3, -0.25) is 9.59 Å². The number of esters is 1. The molecular weight excluding hydrogens is 759 g/mol. The number of amides is 1. The van der Waals surface area contributed by atoms with Crippen LogP contribution in [-0.2, 0) is 36.9 Å². The first-order chi connectivity index (χ1) is 24.8. The number of aromatic nitrogens is 2. The van der Waals surface area contributed by atoms with Crippen LogP contribution < -0.4 is 30.3 Å². The smallest absolute Gasteiger partial charge is 0.325 e. The molecule has 18 heteroatoms. The molecule has 14 nitrogen and oxygen atoms in total. The lowest BCUT2D eigenvalue weighted by Gasteiger charge is -2.33. The Balaban J connectivity index is 1.05. The Morgan fingerprint density at radius 2 is 1.71 bits per heavy atom. The van der Waals surface area contributed by atoms with Crippen LogP contribution in [0.1, 0.15) is 31.9 Å². The molecule has 52 heavy (non-hydrogen) atoms. The molecule has 2 aromatic carbocycles. The predicted octanol–water partition coefficient (Wildman–Crippen LogP) is 5.86. The van der Waals surface area contributed by atoms with Crippen LogP contribution in [0.25, 0.3) is 0 Å². The van der Waals surface area contributed by atoms with Crippen molar-refractivity contribution >= 4 is 75.1 Å². The van der Waals surface area contributed by atoms with E-state index in [0.717, 1.165) is 40.1 Å². The van der Waals surface area contributed by atoms with Crippen LogP contribution in [0, 0.1) is 0 Å². The number of anilines is 3. The highest BCUT2D eigenvalue weighted by molar-refractivity contribution is 8.13. The highest BCUT2D eigenvalue weighted by Crippen LogP contribution is 2.46. The van der Waals surface area contributed by atoms with Gasteiger partial charge >= 0.3 is 5.97 Å². The van der Waals surface area contributed by atoms with Crippen LogP contribution >= 0.6 is 46.6 Å². The fourth-order valence-electron chi connectivity index (χ4n) is 6.00. The van der Waals surface area contributed by atoms with Crippen molar-refractivity contribution in [2.45, 2.75) is 74.2 Å². The second kappa shape index (κ2) is 16.3. The highest BCUT2D eigenvalue weighted by Gasteiger charge is 2.58. The van der Waals surface area contributed by atoms with Gasteiger partial charge in [-0.1, -0.05) is 70.8 Å². The summed E-state index contributed by atoms with van der Waals surface area (Å²) in [6.07, 6.45) is -0.777. The van der Waals surface area contributed by atoms with Crippen molar-refractivity contribution in [2.24, 2.45) is 0 Å². The molecule has 0 radical (unpaired) electrons. The Labute approximate surface area is 320 Å². The number of hydrogen-bond donors (Lipinski definition) is 3. The summed E-state index contributed by atoms with van der Waals surface area (Å²) in [5.41, 5.74) is 2.81. The number of nitrogens with zero attached hydrogens (tertiary/aromatic N) is 3. The first kappa shape index (κ1) is 38.3. The van der Waals surface area contributed by atoms with Crippen LogP contribution in [0.4, 0.5) is 22.1 Å². The number of nitrogens with one attached hydrogen (secondary N) is 3. The summed E-state index contributed by atoms with van der Waals surface area (Å²) >= 11 is 17.8. The molecule has 4 heterocycles. The molecule has 0 bridgehead atoms. The molecule has 3 unspecified atom stereocenters. The van der Waals surface area contributed by atoms with E-state index in [1.807, 2.05) is 74.2 Å². The van der Waals surface area contributed by atoms with Crippen LogP contribution in [0.5, 0.6) is 11.5 Å². The molecule has 2 saturated heterocycles. The van der Waals surface area contributed by atoms with E-state index in [1.165, 1.54) is 6.33 Å². The first-order valence-electron chi connectivity index (χ1n) is 16.4. The Morgan fingerprint density at radius 1 is 1.02 bits per heavy atom. The molecule has 0 saturated carbocycles. The third kappa shape index (κ3) is 9.56. The summed E-state index contributed by atoms with van der Waals surface area (Å²) in [4.78, 5) is 35.6. The minimum Gasteiger partial charge on any atom is -0.497 e. The van der Waals surface area contributed by atoms with Gasteiger partial charge in [0.15, 0.2) is 23.7 Å². The average Bonchev–Trinajstić information content (AvgIpc) is 3.74. The van der Waals surface area contributed by atoms with Gasteiger partial charge in [0.25, 0.3) is 5.24 Å². The van der Waals surface area contributed by atoms with Crippen LogP contribution in [0.15, 0.2) is 54.9 Å². The zero-order chi connectivity index (χ0) is 37.0. The van der Waals surface area contributed by atoms with Gasteiger partial charge in [0, 0.05) is 12.3 Å². The Morgan fingerprint density at radius 3 is 2.42 bits per heavy atom. The number of ether oxygens (including phenoxy) is 6. The summed E-state index contributed by atoms with van der Waals surface area (Å²) in [6, 6.07) is 15.6. The molecule has 5 atom stereocenters. The van der Waals surface area contributed by atoms with Gasteiger partial charge in [0.05, 0.1) is 13.2 Å². The lowest BCUT2D eigenvalue weighted by Crippen LogP contribution is -2.48. The van der Waals surface area contributed by atoms with Crippen molar-refractivity contribution in [3.8, 4) is 11.5 Å². The summed E-state index contributed by atoms with van der Waals surface area (Å²) in [5.74, 6) is 1.47. The number of halogens is 3. The van der Waals surface area contributed by atoms with Gasteiger partial charge in [0.2, 0.25) is 3.79 Å². The van der Waals surface area contributed by atoms with Crippen molar-refractivity contribution in [3.63, 3.8) is 0 Å². The fraction of sp³-hybridized carbons (Fsp3) is 0.471. The van der Waals surface area contributed by atoms with Crippen molar-refractivity contribution < 1.29 is 38.0 Å². The Bertz CT molecular complexity index is 1720. The minimum atomic E-state index is -1.74. The molecule has 6 rings (SSSR count). The quantitative estimate of drug-likeness (QED) is 0.140. The third-order valence-electron chi connectivity index (χ3n) is 8.34. The maximum absolute atomic E-state index is 12.6. The molecule has 1 aromatic heterocycles. The van der Waals surface area contributed by atoms with Gasteiger partial charge in [0.1, 0.15) is 61.6 Å². The van der Waals surface area contributed by atoms with E-state index < -0.39 is 51.9 Å². The number of benzene rings is 2. The Hall–Kier alpha value is -3.44. The van der Waals surface area contributed by atoms with E-state index in [-0.39, 0.29) is 18.5 Å². The zero-order valence-electron chi connectivity index (χ0n) is 28.8. The van der Waals surface area contributed by atoms with Crippen molar-refractivity contribution in [2.75, 3.05) is 41.5 Å². The third-order valence-corrected chi connectivity index (χ3v) is 9.57. The van der Waals surface area contributed by atoms with Gasteiger partial charge in [-0.05, 0) is 56.2 Å². The lowest BCUT2D eigenvalue weighted by molar-refractivity contribution is -0.184. The summed E-state index contributed by atoms with van der Waals surface area (Å²) in [5, 5.41) is 8.95. The second-order valence-corrected chi connectivity index (χ2v) is 16.1. The highest BCUT2D eigenvalue weighted by atomic mass is 35.6. The van der Waals surface area contributed by atoms with Crippen molar-refractivity contribution in [1.82, 2.24) is 15.3 Å². The number of carbonyl (C=O) groups excluding carboxylic acids is 2. The van der Waals surface area contributed by atoms with Gasteiger partial charge in [-0.2, -0.15) is 0 Å². The molecule has 3 aliphatic heterocycles. The number of thioether (sulfide) groups is 1. The lowest BCUT2D eigenvalue weighted by atomic mass is 10.1. The number of rotatable bonds is 13. The number of fused-ring (bicyclic) bond motifs is 2. The predicted molar refractivity (Wildman–Crippen MR) is 198 cm³/mol. The van der Waals surface area contributed by atoms with E-state index in [9.17, 15) is 9.59 Å². The van der Waals surface area contributed by atoms with E-state index in [1.54, 1.807) is 7.11 Å². The number of carbonyl (C=O) groups is 2. The average molecular weight is 798 g/mol. The molecule has 2 fully saturated rings. The fourth-order valence-corrected chi connectivity index (χ4v) is 6.93. The molecule has 3 aromatic rings. The number of methoxy groups -OCH3 is 1. The van der Waals surface area contributed by atoms with E-state index in [0.29, 0.717) is 24.8 Å². The van der Waals surface area contributed by atoms with Gasteiger partial charge in [-0.15, -0.1) is 0 Å². The van der Waals surface area contributed by atoms with E-state index in [4.69, 9.17) is 63.2 Å². The van der Waals surface area contributed by atoms with Crippen LogP contribution in [0.2, 0.25) is 0 Å². The molecule has 3 aliphatic rings. The first-order valence-corrected chi connectivity index (χ1v) is 18.5. The van der Waals surface area contributed by atoms with Crippen molar-refractivity contribution in [1.29, 1.82) is 0 Å². The summed E-state index contributed by atoms with van der Waals surface area (Å²) in [7, 11) is 1.64. The molecule has 0 spiro atoms. The zero-order valence-corrected chi connectivity index (χ0v) is 31.9. The Kier molecular flexibility index (Phi) is 12.0. The normalized spacial score (nSPS) is 23.0. The van der Waals surface area contributed by atoms with E-state index >= 15 is 0 Å². The number of alkyl halides is 3. The second-order valence-electron chi connectivity index (χ2n) is 12.6. The minimum absolute atomic E-state index is 0.233. The number of hydrogen-bond acceptors (Lipinski definition) is 14. The van der Waals surface area contributed by atoms with Crippen LogP contribution in [0.3, 0.4) is 0 Å². The van der Waals surface area contributed by atoms with Crippen LogP contribution in [-0.4, -0.2) is 87.5 Å². The molecule has 280 valence electrons. The molecular formula is C34H39Cl3N6O8S. The van der Waals surface area contributed by atoms with Gasteiger partial charge < -0.3 is 49.3 Å². The summed E-state index contributed by atoms with van der Waals surface area (Å²) in [6.45, 7) is 5.82. The molecule has 3 N–H and O–H groups in total. The molecule has 0 aliphatic carbocycles. The maximum atomic E-state index is 12.6. The summed E-state index contributed by atoms with van der Waals surface area (Å²) < 4.78 is 33.4. The van der Waals surface area contributed by atoms with Gasteiger partial charge in [-0.25, -0.2) is 9.97 Å². The SMILES string of the molecule is COc1ccc(COc2ccc(CNc3ncnc4c3NC(C)N4[C@@H]3O[C@H](CSC(=O)NCC(=O)OCC(Cl)(Cl)Cl)C4OC(C)(C)OC43)cc2)cc1. The standard InChI is InChI=1S/C34H39Cl3N6O8S/c1-19-42-26-29(38-13-20-5-11-23(12-6-20)47-15-21-7-9-22(46-4)10-8-21)40-18-41-30(26)43(19)31-28-27(50-33(2,3)51-28)24(49-31)16-52-32(45)39-14-25(44)48-17-34(35,36)37/h5-12,18-19,24,27-28,31,42H,13-17H2,1-4H3,(H,39,45)(H,38,40,41)/t19?,24-,27?,28?,31-/m1/s1.